The lowest BCUT2D eigenvalue weighted by molar-refractivity contribution is 0.666. The van der Waals surface area contributed by atoms with Crippen LogP contribution in [0.5, 0.6) is 0 Å². The van der Waals surface area contributed by atoms with Crippen molar-refractivity contribution in [3.8, 4) is 22.3 Å². The van der Waals surface area contributed by atoms with Crippen molar-refractivity contribution in [2.24, 2.45) is 9.98 Å². The maximum absolute atomic E-state index is 6.54. The molecule has 11 rings (SSSR count). The van der Waals surface area contributed by atoms with Crippen LogP contribution in [-0.4, -0.2) is 11.7 Å². The summed E-state index contributed by atoms with van der Waals surface area (Å²) in [6, 6.07) is 66.4. The first-order chi connectivity index (χ1) is 27.2. The molecule has 9 aromatic carbocycles. The number of benzene rings is 9. The van der Waals surface area contributed by atoms with E-state index in [-0.39, 0.29) is 6.17 Å². The van der Waals surface area contributed by atoms with Crippen molar-refractivity contribution in [1.29, 1.82) is 0 Å². The Morgan fingerprint density at radius 1 is 0.382 bits per heavy atom. The molecular weight excluding hydrogens is 671 g/mol. The van der Waals surface area contributed by atoms with Crippen molar-refractivity contribution in [1.82, 2.24) is 5.32 Å². The van der Waals surface area contributed by atoms with Crippen molar-refractivity contribution in [2.45, 2.75) is 6.17 Å². The highest BCUT2D eigenvalue weighted by Crippen LogP contribution is 2.39. The molecule has 0 aliphatic carbocycles. The number of rotatable bonds is 5. The van der Waals surface area contributed by atoms with Gasteiger partial charge in [0, 0.05) is 21.9 Å². The highest BCUT2D eigenvalue weighted by atomic mass is 16.3. The number of nitrogens with one attached hydrogen (secondary N) is 1. The second-order valence-corrected chi connectivity index (χ2v) is 14.2. The molecule has 1 aliphatic rings. The predicted molar refractivity (Wildman–Crippen MR) is 229 cm³/mol. The first-order valence-electron chi connectivity index (χ1n) is 18.7. The number of amidine groups is 2. The minimum absolute atomic E-state index is 0.307. The molecule has 0 saturated heterocycles. The van der Waals surface area contributed by atoms with Gasteiger partial charge in [-0.1, -0.05) is 158 Å². The molecule has 1 aliphatic heterocycles. The Kier molecular flexibility index (Phi) is 7.20. The zero-order valence-electron chi connectivity index (χ0n) is 29.8. The molecule has 1 unspecified atom stereocenters. The minimum Gasteiger partial charge on any atom is -0.456 e. The molecule has 2 heterocycles. The lowest BCUT2D eigenvalue weighted by Gasteiger charge is -2.24. The fraction of sp³-hybridized carbons (Fsp3) is 0.0196. The smallest absolute Gasteiger partial charge is 0.160 e. The largest absolute Gasteiger partial charge is 0.456 e. The fourth-order valence-corrected chi connectivity index (χ4v) is 8.26. The molecule has 0 fully saturated rings. The summed E-state index contributed by atoms with van der Waals surface area (Å²) in [5, 5.41) is 13.4. The van der Waals surface area contributed by atoms with E-state index < -0.39 is 0 Å². The van der Waals surface area contributed by atoms with Crippen LogP contribution >= 0.6 is 0 Å². The van der Waals surface area contributed by atoms with Crippen molar-refractivity contribution < 1.29 is 4.42 Å². The lowest BCUT2D eigenvalue weighted by Crippen LogP contribution is -2.33. The second-order valence-electron chi connectivity index (χ2n) is 14.2. The van der Waals surface area contributed by atoms with E-state index in [4.69, 9.17) is 14.4 Å². The van der Waals surface area contributed by atoms with Gasteiger partial charge in [-0.3, -0.25) is 0 Å². The van der Waals surface area contributed by atoms with E-state index in [9.17, 15) is 0 Å². The van der Waals surface area contributed by atoms with Gasteiger partial charge in [-0.25, -0.2) is 9.98 Å². The van der Waals surface area contributed by atoms with Crippen molar-refractivity contribution >= 4 is 65.9 Å². The molecule has 0 spiro atoms. The van der Waals surface area contributed by atoms with Crippen LogP contribution in [-0.2, 0) is 0 Å². The summed E-state index contributed by atoms with van der Waals surface area (Å²) in [7, 11) is 0. The van der Waals surface area contributed by atoms with Crippen LogP contribution in [0.15, 0.2) is 202 Å². The quantitative estimate of drug-likeness (QED) is 0.181. The van der Waals surface area contributed by atoms with Crippen LogP contribution in [0.3, 0.4) is 0 Å². The molecule has 0 saturated carbocycles. The highest BCUT2D eigenvalue weighted by Gasteiger charge is 2.23. The van der Waals surface area contributed by atoms with Gasteiger partial charge in [0.15, 0.2) is 5.84 Å². The molecule has 0 radical (unpaired) electrons. The van der Waals surface area contributed by atoms with Crippen LogP contribution in [0.25, 0.3) is 76.5 Å². The summed E-state index contributed by atoms with van der Waals surface area (Å²) in [6.07, 6.45) is -0.307. The number of furan rings is 1. The molecule has 258 valence electrons. The van der Waals surface area contributed by atoms with E-state index in [1.165, 1.54) is 37.9 Å². The third kappa shape index (κ3) is 5.30. The number of hydrogen-bond donors (Lipinski definition) is 1. The maximum atomic E-state index is 6.54. The highest BCUT2D eigenvalue weighted by molar-refractivity contribution is 6.26. The Balaban J connectivity index is 1.01. The third-order valence-corrected chi connectivity index (χ3v) is 10.9. The van der Waals surface area contributed by atoms with Gasteiger partial charge in [-0.2, -0.15) is 0 Å². The van der Waals surface area contributed by atoms with Gasteiger partial charge in [0.25, 0.3) is 0 Å². The van der Waals surface area contributed by atoms with Crippen molar-refractivity contribution in [3.63, 3.8) is 0 Å². The van der Waals surface area contributed by atoms with Gasteiger partial charge in [0.05, 0.1) is 0 Å². The summed E-state index contributed by atoms with van der Waals surface area (Å²) >= 11 is 0. The van der Waals surface area contributed by atoms with Gasteiger partial charge < -0.3 is 9.73 Å². The zero-order chi connectivity index (χ0) is 36.3. The molecule has 0 bridgehead atoms. The van der Waals surface area contributed by atoms with E-state index in [0.29, 0.717) is 5.84 Å². The SMILES string of the molecule is c1ccc(-c2ccccc2C2=NC(c3ccccc3)NC(c3ccc4c(c3)oc3ccc(-c5ccc6c7ccccc7c7ccccc7c6c5)cc34)=N2)cc1. The fourth-order valence-electron chi connectivity index (χ4n) is 8.26. The van der Waals surface area contributed by atoms with Crippen LogP contribution in [0.4, 0.5) is 0 Å². The summed E-state index contributed by atoms with van der Waals surface area (Å²) in [5.74, 6) is 1.44. The topological polar surface area (TPSA) is 49.9 Å². The van der Waals surface area contributed by atoms with Crippen molar-refractivity contribution in [2.75, 3.05) is 0 Å². The van der Waals surface area contributed by atoms with Crippen LogP contribution in [0.2, 0.25) is 0 Å². The lowest BCUT2D eigenvalue weighted by atomic mass is 9.92. The van der Waals surface area contributed by atoms with E-state index in [2.05, 4.69) is 169 Å². The Bertz CT molecular complexity index is 3140. The van der Waals surface area contributed by atoms with Gasteiger partial charge >= 0.3 is 0 Å². The molecule has 1 aromatic heterocycles. The third-order valence-electron chi connectivity index (χ3n) is 10.9. The number of nitrogens with zero attached hydrogens (tertiary/aromatic N) is 2. The van der Waals surface area contributed by atoms with Gasteiger partial charge in [0.1, 0.15) is 23.2 Å². The second kappa shape index (κ2) is 12.7. The van der Waals surface area contributed by atoms with E-state index in [1.54, 1.807) is 0 Å². The summed E-state index contributed by atoms with van der Waals surface area (Å²) in [5.41, 5.74) is 9.21. The molecule has 1 atom stereocenters. The maximum Gasteiger partial charge on any atom is 0.160 e. The average molecular weight is 704 g/mol. The molecule has 10 aromatic rings. The molecule has 4 heteroatoms. The molecular formula is C51H33N3O. The Morgan fingerprint density at radius 2 is 0.927 bits per heavy atom. The van der Waals surface area contributed by atoms with Crippen LogP contribution < -0.4 is 5.32 Å². The first-order valence-corrected chi connectivity index (χ1v) is 18.7. The first kappa shape index (κ1) is 31.2. The minimum atomic E-state index is -0.307. The Hall–Kier alpha value is -7.30. The summed E-state index contributed by atoms with van der Waals surface area (Å²) in [6.45, 7) is 0. The molecule has 55 heavy (non-hydrogen) atoms. The number of fused-ring (bicyclic) bond motifs is 9. The Morgan fingerprint density at radius 3 is 1.65 bits per heavy atom. The average Bonchev–Trinajstić information content (AvgIpc) is 3.64. The van der Waals surface area contributed by atoms with Crippen LogP contribution in [0, 0.1) is 0 Å². The van der Waals surface area contributed by atoms with E-state index >= 15 is 0 Å². The monoisotopic (exact) mass is 703 g/mol. The normalized spacial score (nSPS) is 14.4. The summed E-state index contributed by atoms with van der Waals surface area (Å²) < 4.78 is 6.54. The molecule has 1 N–H and O–H groups in total. The van der Waals surface area contributed by atoms with Gasteiger partial charge in [-0.15, -0.1) is 0 Å². The van der Waals surface area contributed by atoms with E-state index in [1.807, 2.05) is 24.3 Å². The zero-order valence-corrected chi connectivity index (χ0v) is 29.8. The van der Waals surface area contributed by atoms with Gasteiger partial charge in [-0.05, 0) is 90.5 Å². The molecule has 0 amide bonds. The van der Waals surface area contributed by atoms with Crippen molar-refractivity contribution in [3.05, 3.63) is 205 Å². The van der Waals surface area contributed by atoms with E-state index in [0.717, 1.165) is 61.2 Å². The molecule has 4 nitrogen and oxygen atoms in total. The van der Waals surface area contributed by atoms with Gasteiger partial charge in [0.2, 0.25) is 0 Å². The Labute approximate surface area is 317 Å². The predicted octanol–water partition coefficient (Wildman–Crippen LogP) is 12.9. The standard InChI is InChI=1S/C51H33N3O/c1-3-13-32(14-4-1)37-17-7-12-22-44(37)51-53-49(33-15-5-2-6-16-33)52-50(54-51)36-24-27-43-46-30-35(25-28-47(46)55-48(43)31-36)34-23-26-42-40-20-9-8-18-38(40)39-19-10-11-21-41(39)45(42)29-34/h1-31,49H,(H,52,53,54). The van der Waals surface area contributed by atoms with Crippen LogP contribution in [0.1, 0.15) is 22.9 Å². The summed E-state index contributed by atoms with van der Waals surface area (Å²) in [4.78, 5) is 10.3. The number of hydrogen-bond acceptors (Lipinski definition) is 4. The number of aliphatic imine (C=N–C) groups is 2.